The first-order valence-electron chi connectivity index (χ1n) is 4.46. The molecule has 3 nitrogen and oxygen atoms in total. The smallest absolute Gasteiger partial charge is 0.0823 e. The van der Waals surface area contributed by atoms with Crippen molar-refractivity contribution in [1.82, 2.24) is 4.98 Å². The maximum Gasteiger partial charge on any atom is 0.0823 e. The third kappa shape index (κ3) is 1.54. The Kier molecular flexibility index (Phi) is 2.33. The number of aryl methyl sites for hydroxylation is 1. The van der Waals surface area contributed by atoms with Crippen molar-refractivity contribution < 1.29 is 4.84 Å². The monoisotopic (exact) mass is 188 g/mol. The molecule has 0 spiro atoms. The summed E-state index contributed by atoms with van der Waals surface area (Å²) in [6.45, 7) is 1.95. The van der Waals surface area contributed by atoms with Crippen LogP contribution in [0, 0.1) is 6.92 Å². The lowest BCUT2D eigenvalue weighted by Crippen LogP contribution is -1.99. The maximum atomic E-state index is 4.87. The van der Waals surface area contributed by atoms with Crippen molar-refractivity contribution in [3.63, 3.8) is 0 Å². The van der Waals surface area contributed by atoms with E-state index in [2.05, 4.69) is 10.5 Å². The predicted molar refractivity (Wildman–Crippen MR) is 57.1 cm³/mol. The van der Waals surface area contributed by atoms with E-state index in [-0.39, 0.29) is 0 Å². The van der Waals surface area contributed by atoms with Crippen LogP contribution in [0.3, 0.4) is 0 Å². The van der Waals surface area contributed by atoms with Crippen LogP contribution in [0.2, 0.25) is 0 Å². The average molecular weight is 188 g/mol. The van der Waals surface area contributed by atoms with Crippen molar-refractivity contribution in [2.45, 2.75) is 6.92 Å². The van der Waals surface area contributed by atoms with Crippen LogP contribution >= 0.6 is 0 Å². The van der Waals surface area contributed by atoms with Gasteiger partial charge in [-0.3, -0.25) is 15.3 Å². The van der Waals surface area contributed by atoms with Gasteiger partial charge in [-0.2, -0.15) is 0 Å². The minimum atomic E-state index is 0.909. The highest BCUT2D eigenvalue weighted by atomic mass is 16.6. The second-order valence-electron chi connectivity index (χ2n) is 3.12. The van der Waals surface area contributed by atoms with Gasteiger partial charge >= 0.3 is 0 Å². The topological polar surface area (TPSA) is 34.1 Å². The van der Waals surface area contributed by atoms with Crippen molar-refractivity contribution in [2.75, 3.05) is 12.6 Å². The summed E-state index contributed by atoms with van der Waals surface area (Å²) in [6, 6.07) is 10.0. The third-order valence-corrected chi connectivity index (χ3v) is 2.13. The molecule has 0 aliphatic rings. The molecule has 1 N–H and O–H groups in total. The second kappa shape index (κ2) is 3.64. The van der Waals surface area contributed by atoms with Crippen LogP contribution in [0.1, 0.15) is 5.69 Å². The van der Waals surface area contributed by atoms with Crippen molar-refractivity contribution in [3.05, 3.63) is 36.0 Å². The van der Waals surface area contributed by atoms with E-state index in [1.807, 2.05) is 37.3 Å². The minimum Gasteiger partial charge on any atom is -0.279 e. The van der Waals surface area contributed by atoms with Crippen LogP contribution in [0.25, 0.3) is 10.9 Å². The number of anilines is 1. The van der Waals surface area contributed by atoms with E-state index >= 15 is 0 Å². The summed E-state index contributed by atoms with van der Waals surface area (Å²) in [7, 11) is 1.59. The van der Waals surface area contributed by atoms with Gasteiger partial charge in [0.15, 0.2) is 0 Å². The number of para-hydroxylation sites is 1. The molecule has 1 heterocycles. The van der Waals surface area contributed by atoms with Crippen LogP contribution in [0.15, 0.2) is 30.3 Å². The van der Waals surface area contributed by atoms with Gasteiger partial charge < -0.3 is 0 Å². The van der Waals surface area contributed by atoms with E-state index in [4.69, 9.17) is 4.84 Å². The predicted octanol–water partition coefficient (Wildman–Crippen LogP) is 2.52. The van der Waals surface area contributed by atoms with Crippen molar-refractivity contribution in [2.24, 2.45) is 0 Å². The zero-order chi connectivity index (χ0) is 9.97. The molecule has 0 saturated carbocycles. The first-order valence-corrected chi connectivity index (χ1v) is 4.46. The number of pyridine rings is 1. The van der Waals surface area contributed by atoms with Gasteiger partial charge in [0, 0.05) is 5.39 Å². The molecular formula is C11H12N2O. The SMILES string of the molecule is CONc1cc2ccccc2nc1C. The first kappa shape index (κ1) is 8.97. The molecule has 0 atom stereocenters. The Hall–Kier alpha value is -1.61. The molecule has 72 valence electrons. The molecule has 0 saturated heterocycles. The van der Waals surface area contributed by atoms with E-state index in [0.29, 0.717) is 0 Å². The Morgan fingerprint density at radius 1 is 1.29 bits per heavy atom. The summed E-state index contributed by atoms with van der Waals surface area (Å²) < 4.78 is 0. The molecule has 0 aliphatic heterocycles. The summed E-state index contributed by atoms with van der Waals surface area (Å²) in [6.07, 6.45) is 0. The lowest BCUT2D eigenvalue weighted by molar-refractivity contribution is 0.270. The van der Waals surface area contributed by atoms with Crippen LogP contribution in [0.4, 0.5) is 5.69 Å². The number of hydrogen-bond donors (Lipinski definition) is 1. The lowest BCUT2D eigenvalue weighted by atomic mass is 10.2. The highest BCUT2D eigenvalue weighted by Gasteiger charge is 2.01. The zero-order valence-electron chi connectivity index (χ0n) is 8.24. The van der Waals surface area contributed by atoms with E-state index < -0.39 is 0 Å². The number of fused-ring (bicyclic) bond motifs is 1. The molecule has 3 heteroatoms. The van der Waals surface area contributed by atoms with Crippen LogP contribution in [0.5, 0.6) is 0 Å². The number of nitrogens with zero attached hydrogens (tertiary/aromatic N) is 1. The quantitative estimate of drug-likeness (QED) is 0.735. The molecule has 0 fully saturated rings. The fraction of sp³-hybridized carbons (Fsp3) is 0.182. The normalized spacial score (nSPS) is 10.4. The van der Waals surface area contributed by atoms with E-state index in [0.717, 1.165) is 22.3 Å². The lowest BCUT2D eigenvalue weighted by Gasteiger charge is -2.07. The van der Waals surface area contributed by atoms with Gasteiger partial charge in [-0.1, -0.05) is 18.2 Å². The first-order chi connectivity index (χ1) is 6.81. The van der Waals surface area contributed by atoms with E-state index in [1.165, 1.54) is 0 Å². The summed E-state index contributed by atoms with van der Waals surface area (Å²) >= 11 is 0. The van der Waals surface area contributed by atoms with Crippen molar-refractivity contribution in [1.29, 1.82) is 0 Å². The highest BCUT2D eigenvalue weighted by molar-refractivity contribution is 5.82. The molecule has 14 heavy (non-hydrogen) atoms. The summed E-state index contributed by atoms with van der Waals surface area (Å²) in [5.74, 6) is 0. The second-order valence-corrected chi connectivity index (χ2v) is 3.12. The van der Waals surface area contributed by atoms with Gasteiger partial charge in [-0.15, -0.1) is 0 Å². The standard InChI is InChI=1S/C11H12N2O/c1-8-11(13-14-2)7-9-5-3-4-6-10(9)12-8/h3-7,13H,1-2H3. The van der Waals surface area contributed by atoms with Gasteiger partial charge in [0.2, 0.25) is 0 Å². The molecule has 0 unspecified atom stereocenters. The van der Waals surface area contributed by atoms with Gasteiger partial charge in [0.05, 0.1) is 24.0 Å². The fourth-order valence-electron chi connectivity index (χ4n) is 1.43. The fourth-order valence-corrected chi connectivity index (χ4v) is 1.43. The average Bonchev–Trinajstić information content (AvgIpc) is 2.19. The summed E-state index contributed by atoms with van der Waals surface area (Å²) in [4.78, 5) is 9.32. The Labute approximate surface area is 82.7 Å². The Bertz CT molecular complexity index is 454. The Morgan fingerprint density at radius 3 is 2.86 bits per heavy atom. The van der Waals surface area contributed by atoms with Crippen molar-refractivity contribution >= 4 is 16.6 Å². The molecule has 0 aliphatic carbocycles. The van der Waals surface area contributed by atoms with Gasteiger partial charge in [0.1, 0.15) is 0 Å². The molecule has 0 amide bonds. The number of hydrogen-bond acceptors (Lipinski definition) is 3. The minimum absolute atomic E-state index is 0.909. The molecule has 2 aromatic rings. The number of aromatic nitrogens is 1. The third-order valence-electron chi connectivity index (χ3n) is 2.13. The summed E-state index contributed by atoms with van der Waals surface area (Å²) in [5.41, 5.74) is 5.66. The molecule has 0 bridgehead atoms. The highest BCUT2D eigenvalue weighted by Crippen LogP contribution is 2.19. The van der Waals surface area contributed by atoms with Gasteiger partial charge in [0.25, 0.3) is 0 Å². The largest absolute Gasteiger partial charge is 0.279 e. The Morgan fingerprint density at radius 2 is 2.07 bits per heavy atom. The molecule has 1 aromatic heterocycles. The van der Waals surface area contributed by atoms with E-state index in [9.17, 15) is 0 Å². The summed E-state index contributed by atoms with van der Waals surface area (Å²) in [5, 5.41) is 1.11. The number of nitrogens with one attached hydrogen (secondary N) is 1. The number of benzene rings is 1. The molecule has 1 aromatic carbocycles. The molecular weight excluding hydrogens is 176 g/mol. The molecule has 0 radical (unpaired) electrons. The van der Waals surface area contributed by atoms with Crippen LogP contribution in [-0.4, -0.2) is 12.1 Å². The van der Waals surface area contributed by atoms with Crippen LogP contribution < -0.4 is 5.48 Å². The zero-order valence-corrected chi connectivity index (χ0v) is 8.24. The number of rotatable bonds is 2. The van der Waals surface area contributed by atoms with Crippen molar-refractivity contribution in [3.8, 4) is 0 Å². The van der Waals surface area contributed by atoms with Crippen LogP contribution in [-0.2, 0) is 4.84 Å². The molecule has 2 rings (SSSR count). The Balaban J connectivity index is 2.59. The maximum absolute atomic E-state index is 4.87. The van der Waals surface area contributed by atoms with Gasteiger partial charge in [-0.05, 0) is 19.1 Å². The van der Waals surface area contributed by atoms with E-state index in [1.54, 1.807) is 7.11 Å². The van der Waals surface area contributed by atoms with Gasteiger partial charge in [-0.25, -0.2) is 0 Å².